The van der Waals surface area contributed by atoms with Crippen molar-refractivity contribution in [3.05, 3.63) is 56.2 Å². The van der Waals surface area contributed by atoms with Gasteiger partial charge in [0.1, 0.15) is 0 Å². The van der Waals surface area contributed by atoms with Crippen LogP contribution in [0, 0.1) is 0 Å². The van der Waals surface area contributed by atoms with E-state index in [4.69, 9.17) is 17.3 Å². The second kappa shape index (κ2) is 6.10. The van der Waals surface area contributed by atoms with Crippen molar-refractivity contribution in [1.82, 2.24) is 5.32 Å². The molecule has 3 N–H and O–H groups in total. The lowest BCUT2D eigenvalue weighted by Crippen LogP contribution is -2.30. The molecular weight excluding hydrogens is 320 g/mol. The first-order valence-electron chi connectivity index (χ1n) is 7.03. The van der Waals surface area contributed by atoms with E-state index in [1.165, 1.54) is 5.56 Å². The highest BCUT2D eigenvalue weighted by Crippen LogP contribution is 2.32. The number of nitrogens with two attached hydrogens (primary N) is 1. The first-order valence-corrected chi connectivity index (χ1v) is 8.23. The van der Waals surface area contributed by atoms with Gasteiger partial charge in [0.25, 0.3) is 11.8 Å². The maximum absolute atomic E-state index is 12.3. The Morgan fingerprint density at radius 2 is 2.00 bits per heavy atom. The highest BCUT2D eigenvalue weighted by molar-refractivity contribution is 7.15. The van der Waals surface area contributed by atoms with Crippen LogP contribution in [0.4, 0.5) is 0 Å². The lowest BCUT2D eigenvalue weighted by atomic mass is 9.87. The van der Waals surface area contributed by atoms with Crippen molar-refractivity contribution in [3.63, 3.8) is 0 Å². The van der Waals surface area contributed by atoms with E-state index >= 15 is 0 Å². The molecule has 0 aliphatic heterocycles. The van der Waals surface area contributed by atoms with Crippen LogP contribution in [0.25, 0.3) is 0 Å². The number of primary amides is 1. The summed E-state index contributed by atoms with van der Waals surface area (Å²) < 4.78 is 0. The third kappa shape index (κ3) is 3.00. The number of hydrogen-bond donors (Lipinski definition) is 2. The molecule has 1 heterocycles. The van der Waals surface area contributed by atoms with E-state index in [1.807, 2.05) is 18.2 Å². The van der Waals surface area contributed by atoms with Gasteiger partial charge in [0, 0.05) is 5.02 Å². The Labute approximate surface area is 137 Å². The van der Waals surface area contributed by atoms with Crippen LogP contribution in [0.1, 0.15) is 49.4 Å². The molecule has 0 saturated heterocycles. The molecule has 1 aliphatic rings. The number of carbonyl (C=O) groups is 2. The predicted octanol–water partition coefficient (Wildman–Crippen LogP) is 3.31. The van der Waals surface area contributed by atoms with Crippen molar-refractivity contribution in [2.45, 2.75) is 25.3 Å². The Kier molecular flexibility index (Phi) is 4.18. The lowest BCUT2D eigenvalue weighted by Gasteiger charge is -2.26. The van der Waals surface area contributed by atoms with E-state index in [9.17, 15) is 9.59 Å². The zero-order valence-corrected chi connectivity index (χ0v) is 13.3. The highest BCUT2D eigenvalue weighted by atomic mass is 35.5. The fourth-order valence-corrected chi connectivity index (χ4v) is 3.71. The Balaban J connectivity index is 1.79. The number of halogens is 1. The van der Waals surface area contributed by atoms with Gasteiger partial charge in [0.05, 0.1) is 15.8 Å². The molecular formula is C16H15ClN2O2S. The number of aryl methyl sites for hydroxylation is 1. The van der Waals surface area contributed by atoms with Gasteiger partial charge in [0.15, 0.2) is 0 Å². The van der Waals surface area contributed by atoms with Crippen LogP contribution in [0.3, 0.4) is 0 Å². The average molecular weight is 335 g/mol. The molecule has 0 bridgehead atoms. The van der Waals surface area contributed by atoms with Crippen molar-refractivity contribution >= 4 is 34.8 Å². The summed E-state index contributed by atoms with van der Waals surface area (Å²) in [6.07, 6.45) is 2.89. The molecule has 3 rings (SSSR count). The van der Waals surface area contributed by atoms with Crippen LogP contribution in [0.5, 0.6) is 0 Å². The number of nitrogens with one attached hydrogen (secondary N) is 1. The molecule has 1 aromatic carbocycles. The first-order chi connectivity index (χ1) is 10.5. The summed E-state index contributed by atoms with van der Waals surface area (Å²) in [6, 6.07) is 8.98. The van der Waals surface area contributed by atoms with Gasteiger partial charge in [-0.05, 0) is 54.7 Å². The highest BCUT2D eigenvalue weighted by Gasteiger charge is 2.23. The average Bonchev–Trinajstić information content (AvgIpc) is 2.97. The third-order valence-corrected chi connectivity index (χ3v) is 5.13. The largest absolute Gasteiger partial charge is 0.365 e. The molecule has 1 unspecified atom stereocenters. The molecule has 0 saturated carbocycles. The van der Waals surface area contributed by atoms with Crippen molar-refractivity contribution in [2.75, 3.05) is 0 Å². The number of hydrogen-bond acceptors (Lipinski definition) is 3. The van der Waals surface area contributed by atoms with Crippen molar-refractivity contribution in [3.8, 4) is 0 Å². The summed E-state index contributed by atoms with van der Waals surface area (Å²) in [5, 5.41) is 3.76. The quantitative estimate of drug-likeness (QED) is 0.903. The molecule has 2 aromatic rings. The van der Waals surface area contributed by atoms with Crippen LogP contribution in [-0.2, 0) is 6.42 Å². The van der Waals surface area contributed by atoms with Gasteiger partial charge in [-0.3, -0.25) is 9.59 Å². The standard InChI is InChI=1S/C16H15ClN2O2S/c17-10-4-5-11-9(8-10)2-1-3-12(11)19-16(21)14-7-6-13(22-14)15(18)20/h4-8,12H,1-3H2,(H2,18,20)(H,19,21). The predicted molar refractivity (Wildman–Crippen MR) is 87.4 cm³/mol. The number of rotatable bonds is 3. The van der Waals surface area contributed by atoms with Crippen LogP contribution < -0.4 is 11.1 Å². The SMILES string of the molecule is NC(=O)c1ccc(C(=O)NC2CCCc3cc(Cl)ccc32)s1. The Hall–Kier alpha value is -1.85. The molecule has 1 aliphatic carbocycles. The van der Waals surface area contributed by atoms with Gasteiger partial charge in [-0.25, -0.2) is 0 Å². The van der Waals surface area contributed by atoms with E-state index in [0.29, 0.717) is 9.75 Å². The van der Waals surface area contributed by atoms with Gasteiger partial charge >= 0.3 is 0 Å². The minimum absolute atomic E-state index is 0.0207. The lowest BCUT2D eigenvalue weighted by molar-refractivity contribution is 0.0936. The number of amides is 2. The van der Waals surface area contributed by atoms with E-state index in [0.717, 1.165) is 41.2 Å². The molecule has 114 valence electrons. The fourth-order valence-electron chi connectivity index (χ4n) is 2.75. The summed E-state index contributed by atoms with van der Waals surface area (Å²) in [6.45, 7) is 0. The van der Waals surface area contributed by atoms with Crippen LogP contribution in [-0.4, -0.2) is 11.8 Å². The zero-order chi connectivity index (χ0) is 15.7. The maximum atomic E-state index is 12.3. The number of benzene rings is 1. The second-order valence-electron chi connectivity index (χ2n) is 5.29. The normalized spacial score (nSPS) is 16.9. The monoisotopic (exact) mass is 334 g/mol. The molecule has 2 amide bonds. The molecule has 4 nitrogen and oxygen atoms in total. The van der Waals surface area contributed by atoms with Crippen molar-refractivity contribution < 1.29 is 9.59 Å². The van der Waals surface area contributed by atoms with Gasteiger partial charge in [0.2, 0.25) is 0 Å². The fraction of sp³-hybridized carbons (Fsp3) is 0.250. The van der Waals surface area contributed by atoms with Crippen molar-refractivity contribution in [1.29, 1.82) is 0 Å². The molecule has 0 radical (unpaired) electrons. The van der Waals surface area contributed by atoms with Gasteiger partial charge in [-0.1, -0.05) is 17.7 Å². The molecule has 0 fully saturated rings. The van der Waals surface area contributed by atoms with Gasteiger partial charge < -0.3 is 11.1 Å². The zero-order valence-electron chi connectivity index (χ0n) is 11.8. The summed E-state index contributed by atoms with van der Waals surface area (Å²) in [5.41, 5.74) is 7.53. The first kappa shape index (κ1) is 15.1. The minimum Gasteiger partial charge on any atom is -0.365 e. The Bertz CT molecular complexity index is 741. The molecule has 0 spiro atoms. The van der Waals surface area contributed by atoms with Crippen LogP contribution in [0.15, 0.2) is 30.3 Å². The molecule has 1 atom stereocenters. The van der Waals surface area contributed by atoms with Crippen LogP contribution in [0.2, 0.25) is 5.02 Å². The smallest absolute Gasteiger partial charge is 0.261 e. The third-order valence-electron chi connectivity index (χ3n) is 3.80. The topological polar surface area (TPSA) is 72.2 Å². The summed E-state index contributed by atoms with van der Waals surface area (Å²) in [4.78, 5) is 24.3. The Morgan fingerprint density at radius 1 is 1.23 bits per heavy atom. The van der Waals surface area contributed by atoms with Gasteiger partial charge in [-0.15, -0.1) is 11.3 Å². The number of thiophene rings is 1. The summed E-state index contributed by atoms with van der Waals surface area (Å²) in [7, 11) is 0. The van der Waals surface area contributed by atoms with Crippen LogP contribution >= 0.6 is 22.9 Å². The van der Waals surface area contributed by atoms with E-state index in [-0.39, 0.29) is 11.9 Å². The minimum atomic E-state index is -0.512. The number of fused-ring (bicyclic) bond motifs is 1. The van der Waals surface area contributed by atoms with Gasteiger partial charge in [-0.2, -0.15) is 0 Å². The summed E-state index contributed by atoms with van der Waals surface area (Å²) in [5.74, 6) is -0.688. The van der Waals surface area contributed by atoms with Crippen molar-refractivity contribution in [2.24, 2.45) is 5.73 Å². The Morgan fingerprint density at radius 3 is 2.73 bits per heavy atom. The molecule has 22 heavy (non-hydrogen) atoms. The second-order valence-corrected chi connectivity index (χ2v) is 6.81. The number of carbonyl (C=O) groups excluding carboxylic acids is 2. The maximum Gasteiger partial charge on any atom is 0.261 e. The molecule has 6 heteroatoms. The van der Waals surface area contributed by atoms with E-state index in [1.54, 1.807) is 12.1 Å². The molecule has 1 aromatic heterocycles. The van der Waals surface area contributed by atoms with E-state index < -0.39 is 5.91 Å². The summed E-state index contributed by atoms with van der Waals surface area (Å²) >= 11 is 7.14. The van der Waals surface area contributed by atoms with E-state index in [2.05, 4.69) is 5.32 Å².